The molecule has 0 radical (unpaired) electrons. The number of hydrogen-bond acceptors (Lipinski definition) is 13. The van der Waals surface area contributed by atoms with Crippen LogP contribution in [-0.2, 0) is 41.3 Å². The van der Waals surface area contributed by atoms with Gasteiger partial charge in [-0.25, -0.2) is 14.7 Å². The maximum atomic E-state index is 13.7. The molecule has 2 atom stereocenters. The predicted molar refractivity (Wildman–Crippen MR) is 168 cm³/mol. The van der Waals surface area contributed by atoms with E-state index in [1.165, 1.54) is 0 Å². The minimum Gasteiger partial charge on any atom is -0.480 e. The highest BCUT2D eigenvalue weighted by molar-refractivity contribution is 7.75. The van der Waals surface area contributed by atoms with Crippen molar-refractivity contribution in [2.24, 2.45) is 0 Å². The monoisotopic (exact) mass is 929 g/mol. The fraction of sp³-hybridized carbons (Fsp3) is 0.929. The molecular weight excluding hydrogens is 890 g/mol. The zero-order chi connectivity index (χ0) is 42.4. The van der Waals surface area contributed by atoms with Gasteiger partial charge in [0, 0.05) is 13.1 Å². The lowest BCUT2D eigenvalue weighted by molar-refractivity contribution is -0.161. The molecule has 0 aliphatic heterocycles. The number of hydrogen-bond donors (Lipinski definition) is 18. The average molecular weight is 929 g/mol. The maximum Gasteiger partial charge on any atom is 0.373 e. The molecule has 0 unspecified atom stereocenters. The first-order valence-corrected chi connectivity index (χ1v) is 26.4. The first-order valence-electron chi connectivity index (χ1n) is 13.2. The van der Waals surface area contributed by atoms with Crippen molar-refractivity contribution in [3.8, 4) is 0 Å². The summed E-state index contributed by atoms with van der Waals surface area (Å²) in [6.45, 7) is -2.46. The number of carboxylic acid groups (broad SMARTS) is 1. The maximum absolute atomic E-state index is 13.7. The van der Waals surface area contributed by atoms with Crippen LogP contribution in [0.1, 0.15) is 33.6 Å². The molecule has 0 saturated heterocycles. The molecule has 0 heterocycles. The third-order valence-electron chi connectivity index (χ3n) is 6.66. The van der Waals surface area contributed by atoms with Crippen LogP contribution >= 0.6 is 60.8 Å². The largest absolute Gasteiger partial charge is 0.480 e. The van der Waals surface area contributed by atoms with Gasteiger partial charge in [0.05, 0.1) is 6.10 Å². The third kappa shape index (κ3) is 10.1. The SMILES string of the molecule is CCCN(C(P(=O)(O)O)P(=O)(O)O)C(N([C@H](C(=O)O)[C@@H](C)O)C(N(CCC)C(P(=O)(O)O)P(=O)(O)O)(P(=O)(O)O)P(=O)(O)O)(P(=O)(O)O)P(=O)(O)O. The minimum absolute atomic E-state index is 0.0845. The van der Waals surface area contributed by atoms with Gasteiger partial charge in [-0.3, -0.25) is 41.3 Å². The van der Waals surface area contributed by atoms with Crippen LogP contribution in [-0.4, -0.2) is 156 Å². The van der Waals surface area contributed by atoms with Crippen molar-refractivity contribution in [3.63, 3.8) is 0 Å². The van der Waals surface area contributed by atoms with Crippen molar-refractivity contribution in [2.45, 2.75) is 67.1 Å². The van der Waals surface area contributed by atoms with Gasteiger partial charge in [0.15, 0.2) is 0 Å². The molecule has 30 nitrogen and oxygen atoms in total. The second-order valence-electron chi connectivity index (χ2n) is 10.7. The summed E-state index contributed by atoms with van der Waals surface area (Å²) in [5.41, 5.74) is -8.84. The normalized spacial score (nSPS) is 16.7. The Kier molecular flexibility index (Phi) is 16.9. The van der Waals surface area contributed by atoms with E-state index in [-0.39, 0.29) is 6.92 Å². The molecule has 0 amide bonds. The lowest BCUT2D eigenvalue weighted by Gasteiger charge is -2.61. The Balaban J connectivity index is 10.6. The van der Waals surface area contributed by atoms with Crippen molar-refractivity contribution in [1.29, 1.82) is 0 Å². The lowest BCUT2D eigenvalue weighted by Crippen LogP contribution is -2.77. The van der Waals surface area contributed by atoms with E-state index in [9.17, 15) is 130 Å². The molecule has 38 heteroatoms. The Bertz CT molecular complexity index is 1490. The minimum atomic E-state index is -7.98. The number of carbonyl (C=O) groups is 1. The van der Waals surface area contributed by atoms with Gasteiger partial charge >= 0.3 is 66.7 Å². The Morgan fingerprint density at radius 3 is 0.846 bits per heavy atom. The molecule has 0 saturated carbocycles. The molecule has 52 heavy (non-hydrogen) atoms. The molecule has 0 aromatic carbocycles. The van der Waals surface area contributed by atoms with Gasteiger partial charge in [-0.2, -0.15) is 0 Å². The fourth-order valence-corrected chi connectivity index (χ4v) is 19.3. The van der Waals surface area contributed by atoms with Crippen LogP contribution in [0.2, 0.25) is 0 Å². The van der Waals surface area contributed by atoms with Crippen molar-refractivity contribution >= 4 is 66.7 Å². The molecule has 0 fully saturated rings. The Morgan fingerprint density at radius 1 is 0.519 bits per heavy atom. The van der Waals surface area contributed by atoms with E-state index in [4.69, 9.17) is 0 Å². The third-order valence-corrected chi connectivity index (χ3v) is 21.9. The van der Waals surface area contributed by atoms with Crippen LogP contribution in [0, 0.1) is 0 Å². The average Bonchev–Trinajstić information content (AvgIpc) is 2.77. The molecule has 312 valence electrons. The van der Waals surface area contributed by atoms with Gasteiger partial charge in [-0.1, -0.05) is 13.8 Å². The summed E-state index contributed by atoms with van der Waals surface area (Å²) < 4.78 is 105. The standard InChI is InChI=1S/C14H39N3O27P8/c1-4-6-15(11(45(21,22)23)46(24,25)26)13(49(33,34)35,50(36,37)38)17(9(8(3)18)10(19)20)14(51(39,40)41,52(42,43)44)16(7-5-2)12(47(27,28)29)48(30,31)32/h8-9,11-12,18H,4-7H2,1-3H3,(H,19,20)(H2,21,22,23)(H2,24,25,26)(H2,27,28,29)(H2,30,31,32)(H2,33,34,35)(H2,36,37,38)(H2,39,40,41)(H2,42,43,44)/t8-,9+/m1/s1. The van der Waals surface area contributed by atoms with Crippen molar-refractivity contribution in [1.82, 2.24) is 14.7 Å². The predicted octanol–water partition coefficient (Wildman–Crippen LogP) is -3.24. The van der Waals surface area contributed by atoms with Gasteiger partial charge in [-0.15, -0.1) is 0 Å². The first kappa shape index (κ1) is 52.5. The molecular formula is C14H39N3O27P8. The Hall–Kier alpha value is 0.510. The number of aliphatic carboxylic acids is 1. The second kappa shape index (κ2) is 16.8. The highest BCUT2D eigenvalue weighted by Gasteiger charge is 2.85. The molecule has 0 rings (SSSR count). The van der Waals surface area contributed by atoms with Gasteiger partial charge in [0.25, 0.3) is 10.3 Å². The van der Waals surface area contributed by atoms with Gasteiger partial charge in [0.2, 0.25) is 11.0 Å². The number of carboxylic acids is 1. The summed E-state index contributed by atoms with van der Waals surface area (Å²) in [6.07, 6.45) is -5.53. The second-order valence-corrected chi connectivity index (χ2v) is 25.7. The van der Waals surface area contributed by atoms with Crippen LogP contribution in [0.25, 0.3) is 0 Å². The summed E-state index contributed by atoms with van der Waals surface area (Å²) in [5, 5.41) is 8.65. The molecule has 0 aromatic heterocycles. The van der Waals surface area contributed by atoms with Crippen molar-refractivity contribution < 1.29 is 130 Å². The number of nitrogens with zero attached hydrogens (tertiary/aromatic N) is 3. The van der Waals surface area contributed by atoms with E-state index in [0.717, 1.165) is 13.8 Å². The van der Waals surface area contributed by atoms with Crippen LogP contribution in [0.15, 0.2) is 0 Å². The van der Waals surface area contributed by atoms with E-state index >= 15 is 0 Å². The van der Waals surface area contributed by atoms with Gasteiger partial charge < -0.3 is 88.5 Å². The summed E-state index contributed by atoms with van der Waals surface area (Å²) in [5.74, 6) is -3.13. The summed E-state index contributed by atoms with van der Waals surface area (Å²) >= 11 is 0. The topological polar surface area (TPSA) is 527 Å². The van der Waals surface area contributed by atoms with E-state index in [2.05, 4.69) is 0 Å². The zero-order valence-corrected chi connectivity index (χ0v) is 33.4. The summed E-state index contributed by atoms with van der Waals surface area (Å²) in [4.78, 5) is 175. The lowest BCUT2D eigenvalue weighted by atomic mass is 10.1. The van der Waals surface area contributed by atoms with Crippen LogP contribution < -0.4 is 0 Å². The van der Waals surface area contributed by atoms with E-state index in [0.29, 0.717) is 0 Å². The Labute approximate surface area is 291 Å². The van der Waals surface area contributed by atoms with E-state index < -0.39 is 141 Å². The molecule has 0 aromatic rings. The van der Waals surface area contributed by atoms with Crippen LogP contribution in [0.4, 0.5) is 0 Å². The molecule has 0 aliphatic carbocycles. The Morgan fingerprint density at radius 2 is 0.731 bits per heavy atom. The number of aliphatic hydroxyl groups is 1. The molecule has 0 spiro atoms. The summed E-state index contributed by atoms with van der Waals surface area (Å²) in [6, 6.07) is -4.21. The zero-order valence-electron chi connectivity index (χ0n) is 26.3. The smallest absolute Gasteiger partial charge is 0.373 e. The van der Waals surface area contributed by atoms with E-state index in [1.54, 1.807) is 0 Å². The molecule has 0 aliphatic rings. The van der Waals surface area contributed by atoms with Crippen molar-refractivity contribution in [3.05, 3.63) is 0 Å². The quantitative estimate of drug-likeness (QED) is 0.0397. The van der Waals surface area contributed by atoms with Crippen LogP contribution in [0.3, 0.4) is 0 Å². The van der Waals surface area contributed by atoms with Crippen LogP contribution in [0.5, 0.6) is 0 Å². The molecule has 0 bridgehead atoms. The molecule has 18 N–H and O–H groups in total. The highest BCUT2D eigenvalue weighted by Crippen LogP contribution is 2.84. The highest BCUT2D eigenvalue weighted by atomic mass is 31.3. The van der Waals surface area contributed by atoms with Gasteiger partial charge in [-0.05, 0) is 19.8 Å². The first-order chi connectivity index (χ1) is 22.5. The summed E-state index contributed by atoms with van der Waals surface area (Å²) in [7, 11) is -59.9. The van der Waals surface area contributed by atoms with Gasteiger partial charge in [0.1, 0.15) is 6.04 Å². The van der Waals surface area contributed by atoms with Crippen molar-refractivity contribution in [2.75, 3.05) is 13.1 Å². The fourth-order valence-electron chi connectivity index (χ4n) is 5.39. The number of rotatable bonds is 21. The van der Waals surface area contributed by atoms with E-state index in [1.807, 2.05) is 0 Å². The number of aliphatic hydroxyl groups excluding tert-OH is 1.